The van der Waals surface area contributed by atoms with Gasteiger partial charge in [-0.15, -0.1) is 0 Å². The van der Waals surface area contributed by atoms with Crippen molar-refractivity contribution in [2.45, 2.75) is 59.3 Å². The largest absolute Gasteiger partial charge is 0.479 e. The molecule has 0 radical (unpaired) electrons. The summed E-state index contributed by atoms with van der Waals surface area (Å²) in [4.78, 5) is 16.7. The van der Waals surface area contributed by atoms with E-state index in [1.165, 1.54) is 6.07 Å². The number of nitrogens with zero attached hydrogens (tertiary/aromatic N) is 2. The van der Waals surface area contributed by atoms with E-state index in [1.54, 1.807) is 38.5 Å². The molecule has 3 rings (SSSR count). The van der Waals surface area contributed by atoms with Crippen molar-refractivity contribution in [1.29, 1.82) is 0 Å². The van der Waals surface area contributed by atoms with Crippen LogP contribution in [0.2, 0.25) is 5.02 Å². The van der Waals surface area contributed by atoms with E-state index in [4.69, 9.17) is 21.3 Å². The number of benzene rings is 2. The van der Waals surface area contributed by atoms with Gasteiger partial charge in [0.15, 0.2) is 17.7 Å². The van der Waals surface area contributed by atoms with E-state index in [0.717, 1.165) is 22.8 Å². The Bertz CT molecular complexity index is 1340. The lowest BCUT2D eigenvalue weighted by atomic mass is 10.0. The molecule has 1 aromatic heterocycles. The van der Waals surface area contributed by atoms with Crippen molar-refractivity contribution in [3.8, 4) is 0 Å². The zero-order chi connectivity index (χ0) is 27.5. The number of aliphatic imine (C=N–C) groups is 1. The summed E-state index contributed by atoms with van der Waals surface area (Å²) in [5.74, 6) is -2.75. The van der Waals surface area contributed by atoms with Gasteiger partial charge in [-0.2, -0.15) is 0 Å². The van der Waals surface area contributed by atoms with Crippen molar-refractivity contribution in [3.63, 3.8) is 0 Å². The minimum atomic E-state index is -1.30. The molecule has 1 N–H and O–H groups in total. The van der Waals surface area contributed by atoms with Gasteiger partial charge >= 0.3 is 5.97 Å². The Balaban J connectivity index is 2.07. The molecule has 0 aliphatic carbocycles. The van der Waals surface area contributed by atoms with E-state index in [2.05, 4.69) is 6.58 Å². The van der Waals surface area contributed by atoms with Crippen LogP contribution in [0, 0.1) is 18.6 Å². The van der Waals surface area contributed by atoms with Gasteiger partial charge < -0.3 is 14.4 Å². The van der Waals surface area contributed by atoms with E-state index in [-0.39, 0.29) is 22.7 Å². The highest BCUT2D eigenvalue weighted by molar-refractivity contribution is 6.31. The van der Waals surface area contributed by atoms with E-state index < -0.39 is 29.3 Å². The number of hydrogen-bond donors (Lipinski definition) is 1. The summed E-state index contributed by atoms with van der Waals surface area (Å²) in [6, 6.07) is 12.2. The molecule has 0 saturated heterocycles. The zero-order valence-corrected chi connectivity index (χ0v) is 22.4. The molecular formula is C29H31ClF2N2O3. The molecule has 8 heteroatoms. The minimum Gasteiger partial charge on any atom is -0.479 e. The second kappa shape index (κ2) is 11.4. The van der Waals surface area contributed by atoms with E-state index in [1.807, 2.05) is 37.3 Å². The van der Waals surface area contributed by atoms with Crippen LogP contribution in [0.3, 0.4) is 0 Å². The molecular weight excluding hydrogens is 498 g/mol. The van der Waals surface area contributed by atoms with Gasteiger partial charge in [-0.1, -0.05) is 48.0 Å². The van der Waals surface area contributed by atoms with Gasteiger partial charge in [0.2, 0.25) is 0 Å². The fraction of sp³-hybridized carbons (Fsp3) is 0.310. The van der Waals surface area contributed by atoms with Gasteiger partial charge in [0.05, 0.1) is 12.1 Å². The maximum atomic E-state index is 14.6. The maximum absolute atomic E-state index is 14.6. The van der Waals surface area contributed by atoms with E-state index in [0.29, 0.717) is 18.0 Å². The van der Waals surface area contributed by atoms with Gasteiger partial charge in [-0.05, 0) is 58.4 Å². The standard InChI is InChI=1S/C29H31ClF2N2O3/c1-17-7-9-20(10-8-17)15-21-13-14-34(16-22-23(30)11-12-24(31)25(22)32)27(21)33-19(3)18(2)26(28(35)36)37-29(4,5)6/h7-14,26H,2,15-16H2,1,3-6H3,(H,35,36)/b33-19-. The molecule has 0 aliphatic rings. The number of hydrogen-bond acceptors (Lipinski definition) is 3. The highest BCUT2D eigenvalue weighted by Crippen LogP contribution is 2.30. The van der Waals surface area contributed by atoms with E-state index in [9.17, 15) is 18.7 Å². The van der Waals surface area contributed by atoms with Crippen LogP contribution in [0.5, 0.6) is 0 Å². The van der Waals surface area contributed by atoms with Gasteiger partial charge in [0, 0.05) is 40.1 Å². The Morgan fingerprint density at radius 3 is 2.41 bits per heavy atom. The number of ether oxygens (including phenoxy) is 1. The molecule has 1 heterocycles. The van der Waals surface area contributed by atoms with E-state index >= 15 is 0 Å². The summed E-state index contributed by atoms with van der Waals surface area (Å²) in [5, 5.41) is 9.84. The molecule has 2 aromatic carbocycles. The van der Waals surface area contributed by atoms with Gasteiger partial charge in [0.1, 0.15) is 5.82 Å². The van der Waals surface area contributed by atoms with Gasteiger partial charge in [-0.25, -0.2) is 18.6 Å². The average Bonchev–Trinajstić information content (AvgIpc) is 3.18. The number of carbonyl (C=O) groups is 1. The molecule has 3 aromatic rings. The third-order valence-electron chi connectivity index (χ3n) is 5.75. The van der Waals surface area contributed by atoms with Crippen LogP contribution >= 0.6 is 11.6 Å². The fourth-order valence-corrected chi connectivity index (χ4v) is 3.97. The van der Waals surface area contributed by atoms with Crippen LogP contribution < -0.4 is 0 Å². The van der Waals surface area contributed by atoms with Crippen LogP contribution in [0.15, 0.2) is 65.8 Å². The molecule has 5 nitrogen and oxygen atoms in total. The third-order valence-corrected chi connectivity index (χ3v) is 6.10. The second-order valence-corrected chi connectivity index (χ2v) is 10.4. The fourth-order valence-electron chi connectivity index (χ4n) is 3.77. The first kappa shape index (κ1) is 28.3. The normalized spacial score (nSPS) is 13.0. The summed E-state index contributed by atoms with van der Waals surface area (Å²) >= 11 is 6.20. The number of halogens is 3. The molecule has 0 amide bonds. The molecule has 0 fully saturated rings. The van der Waals surface area contributed by atoms with Crippen molar-refractivity contribution in [1.82, 2.24) is 4.57 Å². The van der Waals surface area contributed by atoms with Crippen molar-refractivity contribution >= 4 is 29.1 Å². The minimum absolute atomic E-state index is 0.00781. The summed E-state index contributed by atoms with van der Waals surface area (Å²) in [6.45, 7) is 12.8. The molecule has 0 saturated carbocycles. The van der Waals surface area contributed by atoms with Crippen molar-refractivity contribution in [2.75, 3.05) is 0 Å². The summed E-state index contributed by atoms with van der Waals surface area (Å²) in [6.07, 6.45) is 0.939. The zero-order valence-electron chi connectivity index (χ0n) is 21.6. The summed E-state index contributed by atoms with van der Waals surface area (Å²) < 4.78 is 35.9. The van der Waals surface area contributed by atoms with Crippen LogP contribution in [0.25, 0.3) is 0 Å². The topological polar surface area (TPSA) is 63.8 Å². The second-order valence-electron chi connectivity index (χ2n) is 9.95. The summed E-state index contributed by atoms with van der Waals surface area (Å²) in [5.41, 5.74) is 2.76. The molecule has 1 atom stereocenters. The molecule has 196 valence electrons. The predicted octanol–water partition coefficient (Wildman–Crippen LogP) is 7.28. The lowest BCUT2D eigenvalue weighted by molar-refractivity contribution is -0.155. The number of rotatable bonds is 9. The predicted molar refractivity (Wildman–Crippen MR) is 143 cm³/mol. The molecule has 0 aliphatic heterocycles. The molecule has 0 spiro atoms. The highest BCUT2D eigenvalue weighted by atomic mass is 35.5. The van der Waals surface area contributed by atoms with Crippen LogP contribution in [0.1, 0.15) is 49.9 Å². The van der Waals surface area contributed by atoms with Crippen LogP contribution in [-0.4, -0.2) is 33.1 Å². The molecule has 37 heavy (non-hydrogen) atoms. The Morgan fingerprint density at radius 2 is 1.81 bits per heavy atom. The van der Waals surface area contributed by atoms with Crippen molar-refractivity contribution in [3.05, 3.63) is 99.7 Å². The number of aliphatic carboxylic acids is 1. The number of carboxylic acids is 1. The first-order chi connectivity index (χ1) is 17.3. The van der Waals surface area contributed by atoms with Crippen LogP contribution in [0.4, 0.5) is 14.6 Å². The Kier molecular flexibility index (Phi) is 8.72. The SMILES string of the molecule is C=C(/C(C)=N\c1c(Cc2ccc(C)cc2)ccn1Cc1c(Cl)ccc(F)c1F)C(OC(C)(C)C)C(=O)O. The number of aromatic nitrogens is 1. The Labute approximate surface area is 221 Å². The smallest absolute Gasteiger partial charge is 0.337 e. The number of carboxylic acid groups (broad SMARTS) is 1. The lowest BCUT2D eigenvalue weighted by Gasteiger charge is -2.26. The molecule has 0 bridgehead atoms. The maximum Gasteiger partial charge on any atom is 0.337 e. The average molecular weight is 529 g/mol. The van der Waals surface area contributed by atoms with Gasteiger partial charge in [0.25, 0.3) is 0 Å². The van der Waals surface area contributed by atoms with Crippen LogP contribution in [-0.2, 0) is 22.5 Å². The van der Waals surface area contributed by atoms with Crippen molar-refractivity contribution in [2.24, 2.45) is 4.99 Å². The first-order valence-electron chi connectivity index (χ1n) is 11.8. The Hall–Kier alpha value is -3.29. The first-order valence-corrected chi connectivity index (χ1v) is 12.2. The quantitative estimate of drug-likeness (QED) is 0.234. The lowest BCUT2D eigenvalue weighted by Crippen LogP contribution is -2.36. The highest BCUT2D eigenvalue weighted by Gasteiger charge is 2.29. The third kappa shape index (κ3) is 7.14. The van der Waals surface area contributed by atoms with Crippen molar-refractivity contribution < 1.29 is 23.4 Å². The Morgan fingerprint density at radius 1 is 1.16 bits per heavy atom. The monoisotopic (exact) mass is 528 g/mol. The molecule has 1 unspecified atom stereocenters. The van der Waals surface area contributed by atoms with Gasteiger partial charge in [-0.3, -0.25) is 0 Å². The number of aryl methyl sites for hydroxylation is 1. The summed E-state index contributed by atoms with van der Waals surface area (Å²) in [7, 11) is 0.